The Balaban J connectivity index is 1.82. The van der Waals surface area contributed by atoms with E-state index in [1.54, 1.807) is 13.0 Å². The first kappa shape index (κ1) is 22.8. The Morgan fingerprint density at radius 1 is 1.23 bits per heavy atom. The van der Waals surface area contributed by atoms with E-state index in [-0.39, 0.29) is 41.4 Å². The van der Waals surface area contributed by atoms with Crippen molar-refractivity contribution in [2.45, 2.75) is 57.7 Å². The van der Waals surface area contributed by atoms with Gasteiger partial charge in [-0.1, -0.05) is 58.6 Å². The van der Waals surface area contributed by atoms with Gasteiger partial charge < -0.3 is 10.2 Å². The fourth-order valence-electron chi connectivity index (χ4n) is 3.76. The Morgan fingerprint density at radius 2 is 1.93 bits per heavy atom. The summed E-state index contributed by atoms with van der Waals surface area (Å²) in [4.78, 5) is 27.6. The molecule has 0 saturated heterocycles. The Morgan fingerprint density at radius 3 is 2.60 bits per heavy atom. The van der Waals surface area contributed by atoms with Gasteiger partial charge in [0, 0.05) is 27.6 Å². The molecule has 1 saturated carbocycles. The van der Waals surface area contributed by atoms with Gasteiger partial charge in [0.05, 0.1) is 6.42 Å². The fraction of sp³-hybridized carbons (Fsp3) is 0.391. The molecule has 7 heteroatoms. The molecule has 1 atom stereocenters. The van der Waals surface area contributed by atoms with Crippen molar-refractivity contribution >= 4 is 39.3 Å². The Kier molecular flexibility index (Phi) is 7.89. The molecule has 2 aromatic rings. The summed E-state index contributed by atoms with van der Waals surface area (Å²) in [5.41, 5.74) is 1.02. The lowest BCUT2D eigenvalue weighted by atomic mass is 10.1. The molecular weight excluding hydrogens is 471 g/mol. The molecule has 2 amide bonds. The Bertz CT molecular complexity index is 898. The molecule has 0 spiro atoms. The van der Waals surface area contributed by atoms with Gasteiger partial charge in [0.2, 0.25) is 11.8 Å². The summed E-state index contributed by atoms with van der Waals surface area (Å²) in [5.74, 6) is -1.07. The number of nitrogens with zero attached hydrogens (tertiary/aromatic N) is 1. The zero-order valence-electron chi connectivity index (χ0n) is 16.8. The minimum Gasteiger partial charge on any atom is -0.352 e. The number of carbonyl (C=O) groups is 2. The summed E-state index contributed by atoms with van der Waals surface area (Å²) >= 11 is 9.56. The Hall–Kier alpha value is -1.92. The van der Waals surface area contributed by atoms with Gasteiger partial charge in [-0.2, -0.15) is 0 Å². The lowest BCUT2D eigenvalue weighted by Gasteiger charge is -2.30. The molecule has 4 nitrogen and oxygen atoms in total. The third-order valence-corrected chi connectivity index (χ3v) is 6.35. The molecule has 1 unspecified atom stereocenters. The third kappa shape index (κ3) is 5.82. The van der Waals surface area contributed by atoms with Crippen LogP contribution >= 0.6 is 27.5 Å². The van der Waals surface area contributed by atoms with Gasteiger partial charge in [0.1, 0.15) is 11.9 Å². The fourth-order valence-corrected chi connectivity index (χ4v) is 4.44. The van der Waals surface area contributed by atoms with E-state index in [1.807, 2.05) is 24.3 Å². The van der Waals surface area contributed by atoms with Crippen LogP contribution in [0.5, 0.6) is 0 Å². The van der Waals surface area contributed by atoms with Crippen molar-refractivity contribution < 1.29 is 14.0 Å². The number of rotatable bonds is 7. The van der Waals surface area contributed by atoms with Crippen molar-refractivity contribution in [2.75, 3.05) is 0 Å². The maximum atomic E-state index is 14.2. The molecule has 1 N–H and O–H groups in total. The number of carbonyl (C=O) groups excluding carboxylic acids is 2. The summed E-state index contributed by atoms with van der Waals surface area (Å²) in [6.45, 7) is 1.95. The van der Waals surface area contributed by atoms with E-state index in [2.05, 4.69) is 21.2 Å². The molecule has 0 radical (unpaired) electrons. The van der Waals surface area contributed by atoms with Gasteiger partial charge >= 0.3 is 0 Å². The van der Waals surface area contributed by atoms with E-state index in [4.69, 9.17) is 11.6 Å². The lowest BCUT2D eigenvalue weighted by molar-refractivity contribution is -0.140. The molecule has 1 aliphatic carbocycles. The van der Waals surface area contributed by atoms with Crippen LogP contribution in [0, 0.1) is 5.82 Å². The van der Waals surface area contributed by atoms with Crippen LogP contribution in [-0.4, -0.2) is 28.8 Å². The standard InChI is InChI=1S/C23H25BrClFN2O2/c1-15(23(30)27-18-8-2-3-9-18)28(14-16-6-4-7-17(24)12-16)22(29)13-19-20(25)10-5-11-21(19)26/h4-7,10-12,15,18H,2-3,8-9,13-14H2,1H3,(H,27,30). The molecule has 0 aliphatic heterocycles. The predicted molar refractivity (Wildman–Crippen MR) is 120 cm³/mol. The highest BCUT2D eigenvalue weighted by Crippen LogP contribution is 2.23. The van der Waals surface area contributed by atoms with E-state index in [0.717, 1.165) is 35.7 Å². The van der Waals surface area contributed by atoms with E-state index >= 15 is 0 Å². The minimum atomic E-state index is -0.692. The predicted octanol–water partition coefficient (Wildman–Crippen LogP) is 5.26. The first-order valence-corrected chi connectivity index (χ1v) is 11.3. The van der Waals surface area contributed by atoms with Crippen molar-refractivity contribution in [2.24, 2.45) is 0 Å². The van der Waals surface area contributed by atoms with E-state index in [9.17, 15) is 14.0 Å². The van der Waals surface area contributed by atoms with Gasteiger partial charge in [-0.3, -0.25) is 9.59 Å². The average Bonchev–Trinajstić information content (AvgIpc) is 3.21. The number of benzene rings is 2. The smallest absolute Gasteiger partial charge is 0.242 e. The number of hydrogen-bond acceptors (Lipinski definition) is 2. The van der Waals surface area contributed by atoms with Gasteiger partial charge in [-0.05, 0) is 49.6 Å². The SMILES string of the molecule is CC(C(=O)NC1CCCC1)N(Cc1cccc(Br)c1)C(=O)Cc1c(F)cccc1Cl. The summed E-state index contributed by atoms with van der Waals surface area (Å²) < 4.78 is 15.1. The van der Waals surface area contributed by atoms with E-state index in [1.165, 1.54) is 17.0 Å². The maximum Gasteiger partial charge on any atom is 0.242 e. The molecule has 3 rings (SSSR count). The second-order valence-corrected chi connectivity index (χ2v) is 9.02. The molecule has 0 aromatic heterocycles. The van der Waals surface area contributed by atoms with Crippen molar-refractivity contribution in [1.29, 1.82) is 0 Å². The summed E-state index contributed by atoms with van der Waals surface area (Å²) in [6.07, 6.45) is 3.92. The summed E-state index contributed by atoms with van der Waals surface area (Å²) in [7, 11) is 0. The van der Waals surface area contributed by atoms with Gasteiger partial charge in [-0.15, -0.1) is 0 Å². The monoisotopic (exact) mass is 494 g/mol. The van der Waals surface area contributed by atoms with E-state index < -0.39 is 11.9 Å². The van der Waals surface area contributed by atoms with Gasteiger partial charge in [0.15, 0.2) is 0 Å². The number of halogens is 3. The maximum absolute atomic E-state index is 14.2. The third-order valence-electron chi connectivity index (χ3n) is 5.50. The highest BCUT2D eigenvalue weighted by atomic mass is 79.9. The normalized spacial score (nSPS) is 15.1. The highest BCUT2D eigenvalue weighted by Gasteiger charge is 2.29. The van der Waals surface area contributed by atoms with Crippen LogP contribution in [0.2, 0.25) is 5.02 Å². The molecule has 1 fully saturated rings. The second kappa shape index (κ2) is 10.4. The van der Waals surface area contributed by atoms with E-state index in [0.29, 0.717) is 0 Å². The lowest BCUT2D eigenvalue weighted by Crippen LogP contribution is -2.50. The highest BCUT2D eigenvalue weighted by molar-refractivity contribution is 9.10. The van der Waals surface area contributed by atoms with Crippen molar-refractivity contribution in [3.63, 3.8) is 0 Å². The largest absolute Gasteiger partial charge is 0.352 e. The summed E-state index contributed by atoms with van der Waals surface area (Å²) in [6, 6.07) is 11.4. The van der Waals surface area contributed by atoms with Crippen LogP contribution < -0.4 is 5.32 Å². The Labute approximate surface area is 189 Å². The van der Waals surface area contributed by atoms with Crippen LogP contribution in [-0.2, 0) is 22.6 Å². The molecule has 2 aromatic carbocycles. The number of nitrogens with one attached hydrogen (secondary N) is 1. The quantitative estimate of drug-likeness (QED) is 0.570. The van der Waals surface area contributed by atoms with Gasteiger partial charge in [-0.25, -0.2) is 4.39 Å². The second-order valence-electron chi connectivity index (χ2n) is 7.69. The topological polar surface area (TPSA) is 49.4 Å². The zero-order valence-corrected chi connectivity index (χ0v) is 19.2. The van der Waals surface area contributed by atoms with Crippen LogP contribution in [0.3, 0.4) is 0 Å². The molecule has 0 heterocycles. The van der Waals surface area contributed by atoms with Crippen LogP contribution in [0.25, 0.3) is 0 Å². The molecule has 0 bridgehead atoms. The zero-order chi connectivity index (χ0) is 21.7. The van der Waals surface area contributed by atoms with Crippen molar-refractivity contribution in [3.8, 4) is 0 Å². The molecule has 30 heavy (non-hydrogen) atoms. The number of amides is 2. The average molecular weight is 496 g/mol. The van der Waals surface area contributed by atoms with Crippen molar-refractivity contribution in [3.05, 3.63) is 68.9 Å². The van der Waals surface area contributed by atoms with Crippen LogP contribution in [0.1, 0.15) is 43.7 Å². The van der Waals surface area contributed by atoms with Gasteiger partial charge in [0.25, 0.3) is 0 Å². The summed E-state index contributed by atoms with van der Waals surface area (Å²) in [5, 5.41) is 3.26. The first-order valence-electron chi connectivity index (χ1n) is 10.1. The molecular formula is C23H25BrClFN2O2. The first-order chi connectivity index (χ1) is 14.3. The van der Waals surface area contributed by atoms with Crippen LogP contribution in [0.4, 0.5) is 4.39 Å². The molecule has 160 valence electrons. The minimum absolute atomic E-state index is 0.145. The van der Waals surface area contributed by atoms with Crippen LogP contribution in [0.15, 0.2) is 46.9 Å². The van der Waals surface area contributed by atoms with Crippen molar-refractivity contribution in [1.82, 2.24) is 10.2 Å². The molecule has 1 aliphatic rings. The number of hydrogen-bond donors (Lipinski definition) is 1.